The minimum atomic E-state index is -0.729. The molecule has 1 saturated heterocycles. The van der Waals surface area contributed by atoms with Gasteiger partial charge < -0.3 is 4.74 Å². The lowest BCUT2D eigenvalue weighted by Crippen LogP contribution is -2.63. The highest BCUT2D eigenvalue weighted by Crippen LogP contribution is 2.26. The van der Waals surface area contributed by atoms with E-state index in [1.54, 1.807) is 21.0 Å². The Labute approximate surface area is 126 Å². The first-order valence-electron chi connectivity index (χ1n) is 6.27. The summed E-state index contributed by atoms with van der Waals surface area (Å²) in [5, 5.41) is 2.93. The van der Waals surface area contributed by atoms with Crippen LogP contribution in [-0.2, 0) is 16.1 Å². The maximum Gasteiger partial charge on any atom is 0.249 e. The van der Waals surface area contributed by atoms with Gasteiger partial charge in [0.1, 0.15) is 5.75 Å². The summed E-state index contributed by atoms with van der Waals surface area (Å²) in [5.74, 6) is 0.206. The second-order valence-corrected chi connectivity index (χ2v) is 6.14. The van der Waals surface area contributed by atoms with Crippen LogP contribution >= 0.6 is 15.9 Å². The monoisotopic (exact) mass is 340 g/mol. The number of methoxy groups -OCH3 is 1. The average molecular weight is 341 g/mol. The number of hydrogen-bond donors (Lipinski definition) is 1. The summed E-state index contributed by atoms with van der Waals surface area (Å²) in [6.07, 6.45) is 0. The maximum absolute atomic E-state index is 12.3. The lowest BCUT2D eigenvalue weighted by molar-refractivity contribution is -0.153. The predicted molar refractivity (Wildman–Crippen MR) is 78.3 cm³/mol. The van der Waals surface area contributed by atoms with E-state index in [0.717, 1.165) is 10.0 Å². The number of amides is 2. The fourth-order valence-corrected chi connectivity index (χ4v) is 2.53. The molecule has 2 rings (SSSR count). The number of ether oxygens (including phenoxy) is 1. The molecule has 0 radical (unpaired) electrons. The molecule has 1 N–H and O–H groups in total. The van der Waals surface area contributed by atoms with Gasteiger partial charge in [0.25, 0.3) is 0 Å². The fraction of sp³-hybridized carbons (Fsp3) is 0.429. The van der Waals surface area contributed by atoms with Crippen LogP contribution in [0.2, 0.25) is 0 Å². The van der Waals surface area contributed by atoms with Gasteiger partial charge in [-0.05, 0) is 32.0 Å². The number of piperazine rings is 1. The second kappa shape index (κ2) is 5.54. The number of nitrogens with zero attached hydrogens (tertiary/aromatic N) is 1. The molecule has 0 aromatic heterocycles. The molecule has 0 bridgehead atoms. The van der Waals surface area contributed by atoms with E-state index in [2.05, 4.69) is 21.2 Å². The molecule has 1 aliphatic rings. The average Bonchev–Trinajstić information content (AvgIpc) is 2.40. The Balaban J connectivity index is 2.30. The molecule has 1 aliphatic heterocycles. The van der Waals surface area contributed by atoms with Crippen LogP contribution < -0.4 is 10.1 Å². The highest BCUT2D eigenvalue weighted by Gasteiger charge is 2.39. The Kier molecular flexibility index (Phi) is 4.15. The standard InChI is InChI=1S/C14H17BrN2O3/c1-14(2)13(19)17(12(18)7-16-14)8-9-6-10(15)4-5-11(9)20-3/h4-6,16H,7-8H2,1-3H3. The number of carbonyl (C=O) groups excluding carboxylic acids is 2. The lowest BCUT2D eigenvalue weighted by atomic mass is 10.00. The Morgan fingerprint density at radius 2 is 2.10 bits per heavy atom. The Morgan fingerprint density at radius 3 is 2.75 bits per heavy atom. The van der Waals surface area contributed by atoms with Crippen molar-refractivity contribution in [3.05, 3.63) is 28.2 Å². The van der Waals surface area contributed by atoms with Crippen molar-refractivity contribution in [2.75, 3.05) is 13.7 Å². The van der Waals surface area contributed by atoms with Crippen molar-refractivity contribution in [2.45, 2.75) is 25.9 Å². The van der Waals surface area contributed by atoms with Crippen molar-refractivity contribution in [2.24, 2.45) is 0 Å². The van der Waals surface area contributed by atoms with E-state index < -0.39 is 5.54 Å². The van der Waals surface area contributed by atoms with E-state index in [-0.39, 0.29) is 24.9 Å². The Bertz CT molecular complexity index is 557. The predicted octanol–water partition coefficient (Wildman–Crippen LogP) is 1.69. The Morgan fingerprint density at radius 1 is 1.40 bits per heavy atom. The van der Waals surface area contributed by atoms with Crippen molar-refractivity contribution in [1.82, 2.24) is 10.2 Å². The first-order valence-corrected chi connectivity index (χ1v) is 7.06. The summed E-state index contributed by atoms with van der Waals surface area (Å²) in [6.45, 7) is 3.92. The topological polar surface area (TPSA) is 58.6 Å². The minimum absolute atomic E-state index is 0.162. The minimum Gasteiger partial charge on any atom is -0.496 e. The van der Waals surface area contributed by atoms with Crippen LogP contribution in [0.4, 0.5) is 0 Å². The van der Waals surface area contributed by atoms with Crippen LogP contribution in [0.1, 0.15) is 19.4 Å². The molecule has 0 atom stereocenters. The molecule has 20 heavy (non-hydrogen) atoms. The van der Waals surface area contributed by atoms with Crippen molar-refractivity contribution in [3.63, 3.8) is 0 Å². The van der Waals surface area contributed by atoms with Gasteiger partial charge in [-0.2, -0.15) is 0 Å². The molecule has 2 amide bonds. The van der Waals surface area contributed by atoms with Gasteiger partial charge in [-0.3, -0.25) is 19.8 Å². The molecule has 0 aliphatic carbocycles. The summed E-state index contributed by atoms with van der Waals surface area (Å²) in [4.78, 5) is 25.6. The van der Waals surface area contributed by atoms with Gasteiger partial charge in [0.15, 0.2) is 0 Å². The highest BCUT2D eigenvalue weighted by molar-refractivity contribution is 9.10. The lowest BCUT2D eigenvalue weighted by Gasteiger charge is -2.36. The smallest absolute Gasteiger partial charge is 0.249 e. The zero-order chi connectivity index (χ0) is 14.9. The first kappa shape index (κ1) is 15.0. The molecule has 0 saturated carbocycles. The van der Waals surface area contributed by atoms with E-state index in [0.29, 0.717) is 5.75 Å². The normalized spacial score (nSPS) is 18.3. The fourth-order valence-electron chi connectivity index (χ4n) is 2.12. The molecule has 6 heteroatoms. The number of hydrogen-bond acceptors (Lipinski definition) is 4. The van der Waals surface area contributed by atoms with Gasteiger partial charge in [0.2, 0.25) is 11.8 Å². The molecule has 1 heterocycles. The van der Waals surface area contributed by atoms with Crippen LogP contribution in [0.15, 0.2) is 22.7 Å². The number of halogens is 1. The first-order chi connectivity index (χ1) is 9.35. The molecular weight excluding hydrogens is 324 g/mol. The summed E-state index contributed by atoms with van der Waals surface area (Å²) < 4.78 is 6.16. The Hall–Kier alpha value is -1.40. The quantitative estimate of drug-likeness (QED) is 0.851. The highest BCUT2D eigenvalue weighted by atomic mass is 79.9. The molecule has 5 nitrogen and oxygen atoms in total. The summed E-state index contributed by atoms with van der Waals surface area (Å²) >= 11 is 3.39. The SMILES string of the molecule is COc1ccc(Br)cc1CN1C(=O)CNC(C)(C)C1=O. The molecule has 1 fully saturated rings. The molecule has 108 valence electrons. The van der Waals surface area contributed by atoms with Crippen LogP contribution in [0.5, 0.6) is 5.75 Å². The summed E-state index contributed by atoms with van der Waals surface area (Å²) in [7, 11) is 1.57. The zero-order valence-corrected chi connectivity index (χ0v) is 13.3. The summed E-state index contributed by atoms with van der Waals surface area (Å²) in [5.41, 5.74) is 0.0638. The van der Waals surface area contributed by atoms with Gasteiger partial charge in [-0.15, -0.1) is 0 Å². The van der Waals surface area contributed by atoms with Gasteiger partial charge in [0.05, 0.1) is 25.7 Å². The van der Waals surface area contributed by atoms with Crippen LogP contribution in [0.3, 0.4) is 0 Å². The third-order valence-electron chi connectivity index (χ3n) is 3.33. The van der Waals surface area contributed by atoms with Gasteiger partial charge in [0, 0.05) is 10.0 Å². The van der Waals surface area contributed by atoms with Crippen LogP contribution in [0, 0.1) is 0 Å². The number of rotatable bonds is 3. The number of benzene rings is 1. The maximum atomic E-state index is 12.3. The molecule has 1 aromatic rings. The van der Waals surface area contributed by atoms with Crippen molar-refractivity contribution >= 4 is 27.7 Å². The van der Waals surface area contributed by atoms with E-state index in [1.165, 1.54) is 4.90 Å². The van der Waals surface area contributed by atoms with Crippen molar-refractivity contribution < 1.29 is 14.3 Å². The van der Waals surface area contributed by atoms with E-state index in [1.807, 2.05) is 18.2 Å². The van der Waals surface area contributed by atoms with E-state index >= 15 is 0 Å². The number of nitrogens with one attached hydrogen (secondary N) is 1. The van der Waals surface area contributed by atoms with Gasteiger partial charge >= 0.3 is 0 Å². The van der Waals surface area contributed by atoms with Crippen molar-refractivity contribution in [1.29, 1.82) is 0 Å². The summed E-state index contributed by atoms with van der Waals surface area (Å²) in [6, 6.07) is 5.52. The largest absolute Gasteiger partial charge is 0.496 e. The van der Waals surface area contributed by atoms with Crippen LogP contribution in [-0.4, -0.2) is 35.9 Å². The zero-order valence-electron chi connectivity index (χ0n) is 11.7. The van der Waals surface area contributed by atoms with Gasteiger partial charge in [-0.25, -0.2) is 0 Å². The number of carbonyl (C=O) groups is 2. The molecule has 1 aromatic carbocycles. The van der Waals surface area contributed by atoms with E-state index in [4.69, 9.17) is 4.74 Å². The van der Waals surface area contributed by atoms with Crippen molar-refractivity contribution in [3.8, 4) is 5.75 Å². The van der Waals surface area contributed by atoms with E-state index in [9.17, 15) is 9.59 Å². The van der Waals surface area contributed by atoms with Gasteiger partial charge in [-0.1, -0.05) is 15.9 Å². The third kappa shape index (κ3) is 2.86. The second-order valence-electron chi connectivity index (χ2n) is 5.22. The molecular formula is C14H17BrN2O3. The molecule has 0 spiro atoms. The number of imide groups is 1. The van der Waals surface area contributed by atoms with Crippen LogP contribution in [0.25, 0.3) is 0 Å². The molecule has 0 unspecified atom stereocenters. The third-order valence-corrected chi connectivity index (χ3v) is 3.83.